The third kappa shape index (κ3) is 3.95. The van der Waals surface area contributed by atoms with Crippen LogP contribution in [0.3, 0.4) is 0 Å². The van der Waals surface area contributed by atoms with E-state index in [-0.39, 0.29) is 23.8 Å². The maximum absolute atomic E-state index is 11.8. The summed E-state index contributed by atoms with van der Waals surface area (Å²) in [5.41, 5.74) is -0.486. The van der Waals surface area contributed by atoms with Crippen molar-refractivity contribution < 1.29 is 19.1 Å². The standard InChI is InChI=1S/C10H12ClN3O5/c1-18-7(15)4-12-6-3-13-14(5-8(16)19-2)10(17)9(6)11/h3,12H,4-5H2,1-2H3. The minimum Gasteiger partial charge on any atom is -0.468 e. The first-order valence-electron chi connectivity index (χ1n) is 5.12. The van der Waals surface area contributed by atoms with E-state index in [0.29, 0.717) is 0 Å². The molecule has 104 valence electrons. The van der Waals surface area contributed by atoms with Gasteiger partial charge in [0, 0.05) is 0 Å². The predicted molar refractivity (Wildman–Crippen MR) is 66.0 cm³/mol. The minimum absolute atomic E-state index is 0.154. The lowest BCUT2D eigenvalue weighted by molar-refractivity contribution is -0.141. The maximum Gasteiger partial charge on any atom is 0.327 e. The quantitative estimate of drug-likeness (QED) is 0.740. The molecule has 0 fully saturated rings. The smallest absolute Gasteiger partial charge is 0.327 e. The summed E-state index contributed by atoms with van der Waals surface area (Å²) < 4.78 is 9.70. The molecule has 8 nitrogen and oxygen atoms in total. The molecule has 0 spiro atoms. The number of carbonyl (C=O) groups excluding carboxylic acids is 2. The number of esters is 2. The van der Waals surface area contributed by atoms with Crippen molar-refractivity contribution >= 4 is 29.2 Å². The highest BCUT2D eigenvalue weighted by Crippen LogP contribution is 2.14. The van der Waals surface area contributed by atoms with E-state index in [4.69, 9.17) is 11.6 Å². The van der Waals surface area contributed by atoms with Gasteiger partial charge >= 0.3 is 11.9 Å². The fourth-order valence-electron chi connectivity index (χ4n) is 1.13. The Morgan fingerprint density at radius 3 is 2.58 bits per heavy atom. The molecule has 1 heterocycles. The Morgan fingerprint density at radius 1 is 1.37 bits per heavy atom. The second-order valence-corrected chi connectivity index (χ2v) is 3.72. The van der Waals surface area contributed by atoms with Gasteiger partial charge in [0.15, 0.2) is 0 Å². The van der Waals surface area contributed by atoms with Gasteiger partial charge < -0.3 is 14.8 Å². The zero-order valence-corrected chi connectivity index (χ0v) is 11.1. The highest BCUT2D eigenvalue weighted by atomic mass is 35.5. The fraction of sp³-hybridized carbons (Fsp3) is 0.400. The number of halogens is 1. The van der Waals surface area contributed by atoms with Crippen molar-refractivity contribution in [3.05, 3.63) is 21.6 Å². The molecule has 1 rings (SSSR count). The van der Waals surface area contributed by atoms with Crippen LogP contribution in [-0.4, -0.2) is 42.5 Å². The zero-order chi connectivity index (χ0) is 14.4. The van der Waals surface area contributed by atoms with Crippen LogP contribution in [0.15, 0.2) is 11.0 Å². The van der Waals surface area contributed by atoms with Crippen LogP contribution in [0.1, 0.15) is 0 Å². The first-order chi connectivity index (χ1) is 8.99. The monoisotopic (exact) mass is 289 g/mol. The number of hydrogen-bond acceptors (Lipinski definition) is 7. The summed E-state index contributed by atoms with van der Waals surface area (Å²) in [6.45, 7) is -0.495. The number of aromatic nitrogens is 2. The summed E-state index contributed by atoms with van der Waals surface area (Å²) in [6.07, 6.45) is 1.23. The Bertz CT molecular complexity index is 542. The number of nitrogens with one attached hydrogen (secondary N) is 1. The molecule has 0 amide bonds. The third-order valence-electron chi connectivity index (χ3n) is 2.14. The number of hydrogen-bond donors (Lipinski definition) is 1. The molecule has 0 saturated carbocycles. The predicted octanol–water partition coefficient (Wildman–Crippen LogP) is -0.345. The lowest BCUT2D eigenvalue weighted by Gasteiger charge is -2.08. The van der Waals surface area contributed by atoms with E-state index in [1.807, 2.05) is 0 Å². The molecule has 0 aromatic carbocycles. The summed E-state index contributed by atoms with van der Waals surface area (Å²) in [7, 11) is 2.43. The van der Waals surface area contributed by atoms with Crippen LogP contribution in [0.2, 0.25) is 5.02 Å². The van der Waals surface area contributed by atoms with Crippen LogP contribution in [0.4, 0.5) is 5.69 Å². The van der Waals surface area contributed by atoms with Crippen LogP contribution in [0.25, 0.3) is 0 Å². The van der Waals surface area contributed by atoms with Gasteiger partial charge in [-0.3, -0.25) is 14.4 Å². The van der Waals surface area contributed by atoms with Gasteiger partial charge in [-0.2, -0.15) is 5.10 Å². The van der Waals surface area contributed by atoms with Gasteiger partial charge in [-0.05, 0) is 0 Å². The number of anilines is 1. The average Bonchev–Trinajstić information content (AvgIpc) is 2.42. The van der Waals surface area contributed by atoms with Gasteiger partial charge in [0.1, 0.15) is 18.1 Å². The maximum atomic E-state index is 11.8. The highest BCUT2D eigenvalue weighted by molar-refractivity contribution is 6.33. The average molecular weight is 290 g/mol. The van der Waals surface area contributed by atoms with Crippen LogP contribution >= 0.6 is 11.6 Å². The summed E-state index contributed by atoms with van der Waals surface area (Å²) in [5.74, 6) is -1.14. The molecule has 1 aromatic rings. The Balaban J connectivity index is 2.88. The molecule has 9 heteroatoms. The normalized spacial score (nSPS) is 9.84. The topological polar surface area (TPSA) is 99.5 Å². The van der Waals surface area contributed by atoms with Gasteiger partial charge in [0.05, 0.1) is 26.1 Å². The van der Waals surface area contributed by atoms with Crippen LogP contribution in [-0.2, 0) is 25.6 Å². The molecule has 0 atom stereocenters. The molecule has 0 saturated heterocycles. The molecule has 0 bridgehead atoms. The number of ether oxygens (including phenoxy) is 2. The second-order valence-electron chi connectivity index (χ2n) is 3.34. The highest BCUT2D eigenvalue weighted by Gasteiger charge is 2.12. The van der Waals surface area contributed by atoms with Crippen LogP contribution in [0.5, 0.6) is 0 Å². The number of carbonyl (C=O) groups is 2. The summed E-state index contributed by atoms with van der Waals surface area (Å²) >= 11 is 5.81. The number of rotatable bonds is 5. The van der Waals surface area contributed by atoms with Crippen LogP contribution in [0, 0.1) is 0 Å². The first kappa shape index (κ1) is 15.0. The van der Waals surface area contributed by atoms with Crippen molar-refractivity contribution in [2.45, 2.75) is 6.54 Å². The zero-order valence-electron chi connectivity index (χ0n) is 10.3. The van der Waals surface area contributed by atoms with Gasteiger partial charge in [-0.1, -0.05) is 11.6 Å². The van der Waals surface area contributed by atoms with Crippen LogP contribution < -0.4 is 10.9 Å². The minimum atomic E-state index is -0.665. The van der Waals surface area contributed by atoms with Crippen molar-refractivity contribution in [3.8, 4) is 0 Å². The Morgan fingerprint density at radius 2 is 2.00 bits per heavy atom. The molecule has 19 heavy (non-hydrogen) atoms. The van der Waals surface area contributed by atoms with Crippen molar-refractivity contribution in [2.24, 2.45) is 0 Å². The Labute approximate surface area is 113 Å². The number of nitrogens with zero attached hydrogens (tertiary/aromatic N) is 2. The second kappa shape index (κ2) is 6.74. The SMILES string of the molecule is COC(=O)CNc1cnn(CC(=O)OC)c(=O)c1Cl. The van der Waals surface area contributed by atoms with Crippen molar-refractivity contribution in [1.29, 1.82) is 0 Å². The molecule has 1 N–H and O–H groups in total. The van der Waals surface area contributed by atoms with Crippen molar-refractivity contribution in [3.63, 3.8) is 0 Å². The number of methoxy groups -OCH3 is 2. The van der Waals surface area contributed by atoms with E-state index in [0.717, 1.165) is 4.68 Å². The molecular formula is C10H12ClN3O5. The molecular weight excluding hydrogens is 278 g/mol. The van der Waals surface area contributed by atoms with Gasteiger partial charge in [0.2, 0.25) is 0 Å². The molecule has 1 aromatic heterocycles. The van der Waals surface area contributed by atoms with Gasteiger partial charge in [-0.25, -0.2) is 4.68 Å². The molecule has 0 aliphatic heterocycles. The van der Waals surface area contributed by atoms with E-state index in [2.05, 4.69) is 19.9 Å². The lowest BCUT2D eigenvalue weighted by atomic mass is 10.4. The van der Waals surface area contributed by atoms with E-state index >= 15 is 0 Å². The van der Waals surface area contributed by atoms with Crippen molar-refractivity contribution in [2.75, 3.05) is 26.1 Å². The van der Waals surface area contributed by atoms with Crippen molar-refractivity contribution in [1.82, 2.24) is 9.78 Å². The van der Waals surface area contributed by atoms with E-state index in [1.54, 1.807) is 0 Å². The molecule has 0 aliphatic carbocycles. The summed E-state index contributed by atoms with van der Waals surface area (Å²) in [4.78, 5) is 33.7. The summed E-state index contributed by atoms with van der Waals surface area (Å²) in [6, 6.07) is 0. The van der Waals surface area contributed by atoms with Gasteiger partial charge in [0.25, 0.3) is 5.56 Å². The molecule has 0 unspecified atom stereocenters. The van der Waals surface area contributed by atoms with E-state index in [9.17, 15) is 14.4 Å². The third-order valence-corrected chi connectivity index (χ3v) is 2.51. The first-order valence-corrected chi connectivity index (χ1v) is 5.50. The molecule has 0 radical (unpaired) electrons. The summed E-state index contributed by atoms with van der Waals surface area (Å²) in [5, 5.41) is 6.16. The lowest BCUT2D eigenvalue weighted by Crippen LogP contribution is -2.28. The largest absolute Gasteiger partial charge is 0.468 e. The Hall–Kier alpha value is -2.09. The Kier molecular flexibility index (Phi) is 5.31. The van der Waals surface area contributed by atoms with E-state index in [1.165, 1.54) is 20.4 Å². The van der Waals surface area contributed by atoms with E-state index < -0.39 is 17.5 Å². The van der Waals surface area contributed by atoms with Gasteiger partial charge in [-0.15, -0.1) is 0 Å². The molecule has 0 aliphatic rings. The fourth-order valence-corrected chi connectivity index (χ4v) is 1.34.